The number of methoxy groups -OCH3 is 1. The first-order chi connectivity index (χ1) is 15.5. The van der Waals surface area contributed by atoms with Crippen LogP contribution in [-0.2, 0) is 29.1 Å². The summed E-state index contributed by atoms with van der Waals surface area (Å²) in [4.78, 5) is 35.3. The van der Waals surface area contributed by atoms with Crippen LogP contribution in [0.5, 0.6) is 0 Å². The molecule has 2 aliphatic rings. The summed E-state index contributed by atoms with van der Waals surface area (Å²) in [6, 6.07) is 3.69. The van der Waals surface area contributed by atoms with E-state index < -0.39 is 5.54 Å². The first-order valence-corrected chi connectivity index (χ1v) is 12.2. The average Bonchev–Trinajstić information content (AvgIpc) is 3.47. The van der Waals surface area contributed by atoms with Gasteiger partial charge in [0.25, 0.3) is 5.91 Å². The number of thiazole rings is 1. The summed E-state index contributed by atoms with van der Waals surface area (Å²) in [5.74, 6) is 1.82. The topological polar surface area (TPSA) is 87.9 Å². The third-order valence-corrected chi connectivity index (χ3v) is 7.83. The Labute approximate surface area is 192 Å². The van der Waals surface area contributed by atoms with Gasteiger partial charge in [0.1, 0.15) is 23.7 Å². The molecule has 2 aliphatic heterocycles. The molecule has 8 nitrogen and oxygen atoms in total. The van der Waals surface area contributed by atoms with Gasteiger partial charge in [-0.05, 0) is 57.3 Å². The fraction of sp³-hybridized carbons (Fsp3) is 0.609. The maximum Gasteiger partial charge on any atom is 0.325 e. The molecule has 174 valence electrons. The van der Waals surface area contributed by atoms with Crippen LogP contribution in [0.25, 0.3) is 0 Å². The molecular formula is C23H32N4O4S. The fourth-order valence-corrected chi connectivity index (χ4v) is 5.73. The Balaban J connectivity index is 1.36. The highest BCUT2D eigenvalue weighted by atomic mass is 32.1. The Hall–Kier alpha value is -2.23. The molecule has 4 rings (SSSR count). The molecule has 0 aromatic carbocycles. The maximum atomic E-state index is 13.4. The average molecular weight is 461 g/mol. The van der Waals surface area contributed by atoms with Crippen molar-refractivity contribution in [3.63, 3.8) is 0 Å². The van der Waals surface area contributed by atoms with Crippen LogP contribution in [0.2, 0.25) is 0 Å². The van der Waals surface area contributed by atoms with Crippen LogP contribution in [-0.4, -0.2) is 59.0 Å². The number of aryl methyl sites for hydroxylation is 1. The highest BCUT2D eigenvalue weighted by Crippen LogP contribution is 2.36. The van der Waals surface area contributed by atoms with Crippen LogP contribution in [0, 0.1) is 12.8 Å². The quantitative estimate of drug-likeness (QED) is 0.578. The van der Waals surface area contributed by atoms with E-state index in [1.807, 2.05) is 31.5 Å². The standard InChI is InChI=1S/C23H32N4O4S/c1-4-23(21(28)27(22(29)25-23)12-9-20-16(2)24-15-32-20)17-7-10-26(11-8-17)13-18-5-6-19(31-18)14-30-3/h5-6,15,17H,4,7-14H2,1-3H3,(H,25,29)/t23-/m1/s1. The molecule has 3 amide bonds. The number of urea groups is 1. The van der Waals surface area contributed by atoms with Crippen LogP contribution < -0.4 is 5.32 Å². The number of carbonyl (C=O) groups is 2. The van der Waals surface area contributed by atoms with E-state index in [9.17, 15) is 9.59 Å². The molecule has 4 heterocycles. The fourth-order valence-electron chi connectivity index (χ4n) is 4.96. The van der Waals surface area contributed by atoms with Crippen molar-refractivity contribution in [1.82, 2.24) is 20.1 Å². The summed E-state index contributed by atoms with van der Waals surface area (Å²) in [5, 5.41) is 3.09. The number of aromatic nitrogens is 1. The number of carbonyl (C=O) groups excluding carboxylic acids is 2. The number of amides is 3. The number of imide groups is 1. The Morgan fingerprint density at radius 1 is 1.28 bits per heavy atom. The number of ether oxygens (including phenoxy) is 1. The molecule has 0 bridgehead atoms. The molecule has 1 N–H and O–H groups in total. The molecule has 2 aromatic heterocycles. The van der Waals surface area contributed by atoms with Crippen molar-refractivity contribution in [2.45, 2.75) is 58.2 Å². The summed E-state index contributed by atoms with van der Waals surface area (Å²) in [6.45, 7) is 7.32. The molecule has 0 spiro atoms. The first kappa shape index (κ1) is 22.9. The SMILES string of the molecule is CC[C@]1(C2CCN(Cc3ccc(COC)o3)CC2)NC(=O)N(CCc2scnc2C)C1=O. The van der Waals surface area contributed by atoms with Gasteiger partial charge in [0.2, 0.25) is 0 Å². The third kappa shape index (κ3) is 4.46. The number of rotatable bonds is 9. The van der Waals surface area contributed by atoms with E-state index in [4.69, 9.17) is 9.15 Å². The molecule has 1 atom stereocenters. The molecule has 9 heteroatoms. The molecule has 2 fully saturated rings. The maximum absolute atomic E-state index is 13.4. The van der Waals surface area contributed by atoms with Gasteiger partial charge in [-0.3, -0.25) is 14.6 Å². The van der Waals surface area contributed by atoms with Gasteiger partial charge in [0.05, 0.1) is 17.7 Å². The van der Waals surface area contributed by atoms with Crippen molar-refractivity contribution >= 4 is 23.3 Å². The van der Waals surface area contributed by atoms with Gasteiger partial charge in [-0.25, -0.2) is 9.78 Å². The number of hydrogen-bond acceptors (Lipinski definition) is 7. The van der Waals surface area contributed by atoms with Crippen LogP contribution in [0.3, 0.4) is 0 Å². The minimum atomic E-state index is -0.789. The summed E-state index contributed by atoms with van der Waals surface area (Å²) in [6.07, 6.45) is 3.00. The summed E-state index contributed by atoms with van der Waals surface area (Å²) < 4.78 is 10.9. The van der Waals surface area contributed by atoms with E-state index in [1.54, 1.807) is 18.4 Å². The molecule has 32 heavy (non-hydrogen) atoms. The normalized spacial score (nSPS) is 22.7. The van der Waals surface area contributed by atoms with Gasteiger partial charge in [-0.15, -0.1) is 11.3 Å². The van der Waals surface area contributed by atoms with Crippen LogP contribution in [0.15, 0.2) is 22.1 Å². The van der Waals surface area contributed by atoms with Crippen molar-refractivity contribution in [2.24, 2.45) is 5.92 Å². The smallest absolute Gasteiger partial charge is 0.325 e. The van der Waals surface area contributed by atoms with E-state index in [0.717, 1.165) is 54.6 Å². The van der Waals surface area contributed by atoms with Gasteiger partial charge in [-0.2, -0.15) is 0 Å². The zero-order chi connectivity index (χ0) is 22.7. The molecule has 2 aromatic rings. The van der Waals surface area contributed by atoms with E-state index in [0.29, 0.717) is 26.0 Å². The second-order valence-corrected chi connectivity index (χ2v) is 9.61. The van der Waals surface area contributed by atoms with Crippen molar-refractivity contribution < 1.29 is 18.7 Å². The van der Waals surface area contributed by atoms with E-state index in [2.05, 4.69) is 15.2 Å². The van der Waals surface area contributed by atoms with Gasteiger partial charge in [0, 0.05) is 25.0 Å². The van der Waals surface area contributed by atoms with Gasteiger partial charge >= 0.3 is 6.03 Å². The Morgan fingerprint density at radius 3 is 2.69 bits per heavy atom. The second kappa shape index (κ2) is 9.72. The van der Waals surface area contributed by atoms with Crippen molar-refractivity contribution in [1.29, 1.82) is 0 Å². The predicted molar refractivity (Wildman–Crippen MR) is 121 cm³/mol. The number of likely N-dealkylation sites (tertiary alicyclic amines) is 1. The van der Waals surface area contributed by atoms with Gasteiger partial charge in [0.15, 0.2) is 0 Å². The summed E-state index contributed by atoms with van der Waals surface area (Å²) in [5.41, 5.74) is 1.99. The molecule has 0 radical (unpaired) electrons. The first-order valence-electron chi connectivity index (χ1n) is 11.3. The Kier molecular flexibility index (Phi) is 6.97. The number of nitrogens with zero attached hydrogens (tertiary/aromatic N) is 3. The van der Waals surface area contributed by atoms with E-state index >= 15 is 0 Å². The third-order valence-electron chi connectivity index (χ3n) is 6.83. The van der Waals surface area contributed by atoms with E-state index in [1.165, 1.54) is 4.90 Å². The molecule has 0 aliphatic carbocycles. The lowest BCUT2D eigenvalue weighted by molar-refractivity contribution is -0.134. The zero-order valence-corrected chi connectivity index (χ0v) is 19.9. The Morgan fingerprint density at radius 2 is 2.03 bits per heavy atom. The van der Waals surface area contributed by atoms with Crippen LogP contribution in [0.4, 0.5) is 4.79 Å². The predicted octanol–water partition coefficient (Wildman–Crippen LogP) is 3.35. The number of furan rings is 1. The summed E-state index contributed by atoms with van der Waals surface area (Å²) in [7, 11) is 1.65. The minimum Gasteiger partial charge on any atom is -0.462 e. The lowest BCUT2D eigenvalue weighted by Gasteiger charge is -2.40. The highest BCUT2D eigenvalue weighted by molar-refractivity contribution is 7.09. The molecular weight excluding hydrogens is 428 g/mol. The van der Waals surface area contributed by atoms with Gasteiger partial charge < -0.3 is 14.5 Å². The number of nitrogens with one attached hydrogen (secondary N) is 1. The number of piperidine rings is 1. The monoisotopic (exact) mass is 460 g/mol. The zero-order valence-electron chi connectivity index (χ0n) is 19.1. The second-order valence-electron chi connectivity index (χ2n) is 8.67. The molecule has 0 saturated carbocycles. The van der Waals surface area contributed by atoms with E-state index in [-0.39, 0.29) is 17.9 Å². The largest absolute Gasteiger partial charge is 0.462 e. The summed E-state index contributed by atoms with van der Waals surface area (Å²) >= 11 is 1.57. The van der Waals surface area contributed by atoms with Crippen molar-refractivity contribution in [3.8, 4) is 0 Å². The van der Waals surface area contributed by atoms with Crippen molar-refractivity contribution in [2.75, 3.05) is 26.7 Å². The molecule has 2 saturated heterocycles. The molecule has 0 unspecified atom stereocenters. The minimum absolute atomic E-state index is 0.0686. The number of hydrogen-bond donors (Lipinski definition) is 1. The van der Waals surface area contributed by atoms with Gasteiger partial charge in [-0.1, -0.05) is 6.92 Å². The lowest BCUT2D eigenvalue weighted by Crippen LogP contribution is -2.55. The Bertz CT molecular complexity index is 949. The van der Waals surface area contributed by atoms with Crippen LogP contribution in [0.1, 0.15) is 48.3 Å². The van der Waals surface area contributed by atoms with Crippen molar-refractivity contribution in [3.05, 3.63) is 39.7 Å². The highest BCUT2D eigenvalue weighted by Gasteiger charge is 2.54. The van der Waals surface area contributed by atoms with Crippen LogP contribution >= 0.6 is 11.3 Å². The lowest BCUT2D eigenvalue weighted by atomic mass is 9.75.